The van der Waals surface area contributed by atoms with Crippen molar-refractivity contribution in [2.45, 2.75) is 11.4 Å². The number of nitrogens with one attached hydrogen (secondary N) is 1. The van der Waals surface area contributed by atoms with Gasteiger partial charge in [-0.3, -0.25) is 14.8 Å². The van der Waals surface area contributed by atoms with E-state index in [2.05, 4.69) is 20.4 Å². The molecule has 0 aliphatic rings. The summed E-state index contributed by atoms with van der Waals surface area (Å²) in [7, 11) is -2.41. The highest BCUT2D eigenvalue weighted by Gasteiger charge is 2.20. The van der Waals surface area contributed by atoms with Crippen LogP contribution in [-0.4, -0.2) is 40.6 Å². The first-order valence-corrected chi connectivity index (χ1v) is 8.93. The van der Waals surface area contributed by atoms with E-state index in [0.29, 0.717) is 11.4 Å². The van der Waals surface area contributed by atoms with Gasteiger partial charge in [0.2, 0.25) is 0 Å². The van der Waals surface area contributed by atoms with E-state index in [1.165, 1.54) is 62.2 Å². The van der Waals surface area contributed by atoms with Crippen LogP contribution in [-0.2, 0) is 16.6 Å². The first-order chi connectivity index (χ1) is 12.5. The van der Waals surface area contributed by atoms with E-state index in [-0.39, 0.29) is 17.1 Å². The second-order valence-corrected chi connectivity index (χ2v) is 6.93. The van der Waals surface area contributed by atoms with Gasteiger partial charge in [-0.1, -0.05) is 0 Å². The zero-order chi connectivity index (χ0) is 18.6. The average molecular weight is 373 g/mol. The molecule has 0 atom stereocenters. The lowest BCUT2D eigenvalue weighted by molar-refractivity contribution is 0.0945. The summed E-state index contributed by atoms with van der Waals surface area (Å²) in [4.78, 5) is 20.1. The molecule has 0 unspecified atom stereocenters. The zero-order valence-corrected chi connectivity index (χ0v) is 14.5. The normalized spacial score (nSPS) is 11.1. The van der Waals surface area contributed by atoms with E-state index >= 15 is 0 Å². The molecular formula is C16H15N5O4S. The average Bonchev–Trinajstić information content (AvgIpc) is 3.18. The first-order valence-electron chi connectivity index (χ1n) is 7.49. The predicted molar refractivity (Wildman–Crippen MR) is 91.0 cm³/mol. The highest BCUT2D eigenvalue weighted by atomic mass is 32.2. The van der Waals surface area contributed by atoms with E-state index in [9.17, 15) is 13.2 Å². The van der Waals surface area contributed by atoms with Crippen molar-refractivity contribution in [3.05, 3.63) is 66.5 Å². The standard InChI is InChI=1S/C16H15N5O4S/c1-25-13-2-4-14(5-3-13)26(23,24)21-9-6-15(20-21)16(22)19-11-12-10-17-7-8-18-12/h2-10H,11H2,1H3,(H,19,22). The van der Waals surface area contributed by atoms with Crippen LogP contribution in [0.2, 0.25) is 0 Å². The van der Waals surface area contributed by atoms with E-state index in [4.69, 9.17) is 4.74 Å². The molecule has 3 aromatic rings. The van der Waals surface area contributed by atoms with Crippen molar-refractivity contribution in [3.63, 3.8) is 0 Å². The van der Waals surface area contributed by atoms with Gasteiger partial charge in [-0.2, -0.15) is 17.6 Å². The summed E-state index contributed by atoms with van der Waals surface area (Å²) in [6.07, 6.45) is 5.78. The van der Waals surface area contributed by atoms with Crippen molar-refractivity contribution in [2.75, 3.05) is 7.11 Å². The molecule has 0 spiro atoms. The first kappa shape index (κ1) is 17.5. The monoisotopic (exact) mass is 373 g/mol. The van der Waals surface area contributed by atoms with Gasteiger partial charge in [0.25, 0.3) is 15.9 Å². The molecule has 1 amide bonds. The van der Waals surface area contributed by atoms with Gasteiger partial charge in [-0.25, -0.2) is 0 Å². The minimum Gasteiger partial charge on any atom is -0.497 e. The number of hydrogen-bond acceptors (Lipinski definition) is 7. The molecule has 1 N–H and O–H groups in total. The van der Waals surface area contributed by atoms with Crippen molar-refractivity contribution < 1.29 is 17.9 Å². The molecule has 9 nitrogen and oxygen atoms in total. The minimum absolute atomic E-state index is 0.0222. The van der Waals surface area contributed by atoms with Gasteiger partial charge >= 0.3 is 0 Å². The number of carbonyl (C=O) groups excluding carboxylic acids is 1. The van der Waals surface area contributed by atoms with Crippen LogP contribution in [0.5, 0.6) is 5.75 Å². The van der Waals surface area contributed by atoms with E-state index in [0.717, 1.165) is 4.09 Å². The summed E-state index contributed by atoms with van der Waals surface area (Å²) in [5, 5.41) is 6.47. The fraction of sp³-hybridized carbons (Fsp3) is 0.125. The summed E-state index contributed by atoms with van der Waals surface area (Å²) in [5.41, 5.74) is 0.553. The molecule has 0 aliphatic carbocycles. The van der Waals surface area contributed by atoms with E-state index < -0.39 is 15.9 Å². The van der Waals surface area contributed by atoms with Gasteiger partial charge in [0, 0.05) is 18.6 Å². The molecule has 26 heavy (non-hydrogen) atoms. The summed E-state index contributed by atoms with van der Waals surface area (Å²) < 4.78 is 30.9. The molecule has 2 aromatic heterocycles. The van der Waals surface area contributed by atoms with Gasteiger partial charge < -0.3 is 10.1 Å². The van der Waals surface area contributed by atoms with Crippen LogP contribution in [0, 0.1) is 0 Å². The van der Waals surface area contributed by atoms with Gasteiger partial charge in [-0.05, 0) is 30.3 Å². The van der Waals surface area contributed by atoms with E-state index in [1.807, 2.05) is 0 Å². The maximum atomic E-state index is 12.6. The smallest absolute Gasteiger partial charge is 0.282 e. The Hall–Kier alpha value is -3.27. The Morgan fingerprint density at radius 1 is 1.19 bits per heavy atom. The number of carbonyl (C=O) groups is 1. The second kappa shape index (κ2) is 7.31. The van der Waals surface area contributed by atoms with Crippen LogP contribution in [0.1, 0.15) is 16.2 Å². The lowest BCUT2D eigenvalue weighted by Crippen LogP contribution is -2.24. The summed E-state index contributed by atoms with van der Waals surface area (Å²) >= 11 is 0. The van der Waals surface area contributed by atoms with Crippen LogP contribution in [0.4, 0.5) is 0 Å². The van der Waals surface area contributed by atoms with Gasteiger partial charge in [0.15, 0.2) is 5.69 Å². The zero-order valence-electron chi connectivity index (χ0n) is 13.7. The molecule has 134 valence electrons. The SMILES string of the molecule is COc1ccc(S(=O)(=O)n2ccc(C(=O)NCc3cnccn3)n2)cc1. The molecule has 0 saturated heterocycles. The Labute approximate surface area is 149 Å². The molecule has 10 heteroatoms. The number of aromatic nitrogens is 4. The number of amides is 1. The van der Waals surface area contributed by atoms with Crippen LogP contribution >= 0.6 is 0 Å². The molecule has 2 heterocycles. The fourth-order valence-electron chi connectivity index (χ4n) is 2.10. The number of benzene rings is 1. The predicted octanol–water partition coefficient (Wildman–Crippen LogP) is 0.849. The van der Waals surface area contributed by atoms with Crippen LogP contribution in [0.3, 0.4) is 0 Å². The fourth-order valence-corrected chi connectivity index (χ4v) is 3.21. The highest BCUT2D eigenvalue weighted by Crippen LogP contribution is 2.17. The quantitative estimate of drug-likeness (QED) is 0.681. The number of nitrogens with zero attached hydrogens (tertiary/aromatic N) is 4. The van der Waals surface area contributed by atoms with Crippen molar-refractivity contribution in [3.8, 4) is 5.75 Å². The molecular weight excluding hydrogens is 358 g/mol. The maximum Gasteiger partial charge on any atom is 0.282 e. The van der Waals surface area contributed by atoms with Gasteiger partial charge in [0.05, 0.1) is 30.4 Å². The number of methoxy groups -OCH3 is 1. The lowest BCUT2D eigenvalue weighted by Gasteiger charge is -2.05. The highest BCUT2D eigenvalue weighted by molar-refractivity contribution is 7.89. The topological polar surface area (TPSA) is 116 Å². The van der Waals surface area contributed by atoms with Crippen LogP contribution in [0.15, 0.2) is 60.0 Å². The second-order valence-electron chi connectivity index (χ2n) is 5.13. The van der Waals surface area contributed by atoms with Crippen molar-refractivity contribution in [1.29, 1.82) is 0 Å². The molecule has 0 bridgehead atoms. The Morgan fingerprint density at radius 2 is 1.96 bits per heavy atom. The van der Waals surface area contributed by atoms with Gasteiger partial charge in [-0.15, -0.1) is 0 Å². The van der Waals surface area contributed by atoms with Crippen LogP contribution < -0.4 is 10.1 Å². The van der Waals surface area contributed by atoms with Crippen molar-refractivity contribution >= 4 is 15.9 Å². The Morgan fingerprint density at radius 3 is 2.62 bits per heavy atom. The number of rotatable bonds is 6. The van der Waals surface area contributed by atoms with Gasteiger partial charge in [0.1, 0.15) is 5.75 Å². The molecule has 0 fully saturated rings. The summed E-state index contributed by atoms with van der Waals surface area (Å²) in [6.45, 7) is 0.158. The van der Waals surface area contributed by atoms with Crippen molar-refractivity contribution in [2.24, 2.45) is 0 Å². The molecule has 0 radical (unpaired) electrons. The summed E-state index contributed by atoms with van der Waals surface area (Å²) in [6, 6.07) is 7.20. The Kier molecular flexibility index (Phi) is 4.94. The Bertz CT molecular complexity index is 1000. The third-order valence-electron chi connectivity index (χ3n) is 3.45. The van der Waals surface area contributed by atoms with Crippen molar-refractivity contribution in [1.82, 2.24) is 24.5 Å². The summed E-state index contributed by atoms with van der Waals surface area (Å²) in [5.74, 6) is 0.0211. The van der Waals surface area contributed by atoms with Crippen LogP contribution in [0.25, 0.3) is 0 Å². The minimum atomic E-state index is -3.90. The maximum absolute atomic E-state index is 12.6. The third-order valence-corrected chi connectivity index (χ3v) is 5.01. The molecule has 0 saturated carbocycles. The number of ether oxygens (including phenoxy) is 1. The largest absolute Gasteiger partial charge is 0.497 e. The van der Waals surface area contributed by atoms with E-state index in [1.54, 1.807) is 0 Å². The third kappa shape index (κ3) is 3.70. The molecule has 3 rings (SSSR count). The number of hydrogen-bond donors (Lipinski definition) is 1. The molecule has 0 aliphatic heterocycles. The lowest BCUT2D eigenvalue weighted by atomic mass is 10.3. The Balaban J connectivity index is 1.74. The molecule has 1 aromatic carbocycles.